The Balaban J connectivity index is 2.66. The van der Waals surface area contributed by atoms with Crippen LogP contribution in [0.4, 0.5) is 13.2 Å². The zero-order valence-corrected chi connectivity index (χ0v) is 12.1. The molecule has 0 aliphatic carbocycles. The first-order valence-electron chi connectivity index (χ1n) is 6.00. The summed E-state index contributed by atoms with van der Waals surface area (Å²) in [6.07, 6.45) is -5.85. The van der Waals surface area contributed by atoms with Gasteiger partial charge in [-0.15, -0.1) is 0 Å². The Morgan fingerprint density at radius 3 is 2.58 bits per heavy atom. The Morgan fingerprint density at radius 1 is 1.37 bits per heavy atom. The minimum atomic E-state index is -4.25. The second-order valence-electron chi connectivity index (χ2n) is 4.21. The average Bonchev–Trinajstić information content (AvgIpc) is 2.33. The standard InChI is InChI=1S/C13H16BrF3O2/c1-2-7-19-12-4-3-9(8-10(12)14)11(18)5-6-13(15,16)17/h3-4,8,11,18H,2,5-7H2,1H3. The first-order chi connectivity index (χ1) is 8.83. The van der Waals surface area contributed by atoms with Crippen molar-refractivity contribution in [2.45, 2.75) is 38.5 Å². The first-order valence-corrected chi connectivity index (χ1v) is 6.80. The summed E-state index contributed by atoms with van der Waals surface area (Å²) in [5.41, 5.74) is 0.444. The Bertz CT molecular complexity index is 407. The van der Waals surface area contributed by atoms with Crippen LogP contribution in [0.25, 0.3) is 0 Å². The average molecular weight is 341 g/mol. The number of aliphatic hydroxyl groups excluding tert-OH is 1. The van der Waals surface area contributed by atoms with Crippen LogP contribution in [0, 0.1) is 0 Å². The molecular weight excluding hydrogens is 325 g/mol. The molecule has 108 valence electrons. The zero-order valence-electron chi connectivity index (χ0n) is 10.5. The minimum Gasteiger partial charge on any atom is -0.492 e. The van der Waals surface area contributed by atoms with E-state index in [9.17, 15) is 18.3 Å². The van der Waals surface area contributed by atoms with Crippen molar-refractivity contribution >= 4 is 15.9 Å². The predicted octanol–water partition coefficient (Wildman–Crippen LogP) is 4.61. The Labute approximate surface area is 118 Å². The molecule has 1 unspecified atom stereocenters. The van der Waals surface area contributed by atoms with Crippen molar-refractivity contribution in [1.82, 2.24) is 0 Å². The molecule has 1 atom stereocenters. The van der Waals surface area contributed by atoms with Crippen LogP contribution < -0.4 is 4.74 Å². The maximum Gasteiger partial charge on any atom is 0.389 e. The van der Waals surface area contributed by atoms with Gasteiger partial charge in [-0.25, -0.2) is 0 Å². The number of rotatable bonds is 6. The van der Waals surface area contributed by atoms with Gasteiger partial charge in [0.15, 0.2) is 0 Å². The van der Waals surface area contributed by atoms with Gasteiger partial charge < -0.3 is 9.84 Å². The molecule has 0 heterocycles. The summed E-state index contributed by atoms with van der Waals surface area (Å²) in [6.45, 7) is 2.54. The van der Waals surface area contributed by atoms with E-state index in [1.807, 2.05) is 6.92 Å². The van der Waals surface area contributed by atoms with Crippen molar-refractivity contribution in [2.75, 3.05) is 6.61 Å². The third-order valence-corrected chi connectivity index (χ3v) is 3.12. The third kappa shape index (κ3) is 5.82. The van der Waals surface area contributed by atoms with E-state index in [0.717, 1.165) is 6.42 Å². The van der Waals surface area contributed by atoms with Gasteiger partial charge in [0.05, 0.1) is 17.2 Å². The normalized spacial score (nSPS) is 13.4. The van der Waals surface area contributed by atoms with E-state index in [1.54, 1.807) is 18.2 Å². The van der Waals surface area contributed by atoms with Crippen molar-refractivity contribution in [3.8, 4) is 5.75 Å². The van der Waals surface area contributed by atoms with Crippen LogP contribution in [0.2, 0.25) is 0 Å². The van der Waals surface area contributed by atoms with E-state index in [2.05, 4.69) is 15.9 Å². The molecule has 0 aliphatic heterocycles. The molecule has 0 amide bonds. The van der Waals surface area contributed by atoms with E-state index in [0.29, 0.717) is 22.4 Å². The fourth-order valence-electron chi connectivity index (χ4n) is 1.52. The quantitative estimate of drug-likeness (QED) is 0.819. The lowest BCUT2D eigenvalue weighted by Gasteiger charge is -2.14. The van der Waals surface area contributed by atoms with E-state index >= 15 is 0 Å². The van der Waals surface area contributed by atoms with Crippen molar-refractivity contribution in [3.63, 3.8) is 0 Å². The summed E-state index contributed by atoms with van der Waals surface area (Å²) in [6, 6.07) is 4.81. The van der Waals surface area contributed by atoms with Gasteiger partial charge in [-0.05, 0) is 46.5 Å². The second kappa shape index (κ2) is 7.14. The molecule has 0 aliphatic rings. The number of halogens is 4. The highest BCUT2D eigenvalue weighted by Crippen LogP contribution is 2.32. The van der Waals surface area contributed by atoms with Gasteiger partial charge >= 0.3 is 6.18 Å². The molecule has 0 bridgehead atoms. The van der Waals surface area contributed by atoms with Crippen molar-refractivity contribution in [3.05, 3.63) is 28.2 Å². The number of hydrogen-bond donors (Lipinski definition) is 1. The topological polar surface area (TPSA) is 29.5 Å². The largest absolute Gasteiger partial charge is 0.492 e. The fraction of sp³-hybridized carbons (Fsp3) is 0.538. The summed E-state index contributed by atoms with van der Waals surface area (Å²) in [7, 11) is 0. The molecule has 0 saturated carbocycles. The van der Waals surface area contributed by atoms with Gasteiger partial charge in [0.25, 0.3) is 0 Å². The van der Waals surface area contributed by atoms with Crippen LogP contribution in [-0.4, -0.2) is 17.9 Å². The molecule has 0 spiro atoms. The van der Waals surface area contributed by atoms with Crippen LogP contribution in [0.3, 0.4) is 0 Å². The molecule has 1 aromatic rings. The highest BCUT2D eigenvalue weighted by atomic mass is 79.9. The van der Waals surface area contributed by atoms with Gasteiger partial charge in [-0.3, -0.25) is 0 Å². The molecular formula is C13H16BrF3O2. The first kappa shape index (κ1) is 16.3. The number of benzene rings is 1. The van der Waals surface area contributed by atoms with E-state index in [1.165, 1.54) is 0 Å². The molecule has 1 rings (SSSR count). The maximum absolute atomic E-state index is 12.1. The van der Waals surface area contributed by atoms with Crippen LogP contribution in [0.15, 0.2) is 22.7 Å². The monoisotopic (exact) mass is 340 g/mol. The smallest absolute Gasteiger partial charge is 0.389 e. The van der Waals surface area contributed by atoms with Gasteiger partial charge in [-0.2, -0.15) is 13.2 Å². The lowest BCUT2D eigenvalue weighted by Crippen LogP contribution is -2.10. The number of ether oxygens (including phenoxy) is 1. The van der Waals surface area contributed by atoms with Crippen LogP contribution >= 0.6 is 15.9 Å². The van der Waals surface area contributed by atoms with Gasteiger partial charge in [-0.1, -0.05) is 13.0 Å². The van der Waals surface area contributed by atoms with Gasteiger partial charge in [0.1, 0.15) is 5.75 Å². The van der Waals surface area contributed by atoms with E-state index in [4.69, 9.17) is 4.74 Å². The van der Waals surface area contributed by atoms with Crippen LogP contribution in [0.1, 0.15) is 37.9 Å². The second-order valence-corrected chi connectivity index (χ2v) is 5.06. The Kier molecular flexibility index (Phi) is 6.13. The highest BCUT2D eigenvalue weighted by Gasteiger charge is 2.28. The summed E-state index contributed by atoms with van der Waals surface area (Å²) in [5.74, 6) is 0.619. The van der Waals surface area contributed by atoms with Crippen molar-refractivity contribution in [2.24, 2.45) is 0 Å². The van der Waals surface area contributed by atoms with Crippen molar-refractivity contribution in [1.29, 1.82) is 0 Å². The lowest BCUT2D eigenvalue weighted by molar-refractivity contribution is -0.140. The Morgan fingerprint density at radius 2 is 2.05 bits per heavy atom. The fourth-order valence-corrected chi connectivity index (χ4v) is 2.03. The molecule has 19 heavy (non-hydrogen) atoms. The lowest BCUT2D eigenvalue weighted by atomic mass is 10.0. The summed E-state index contributed by atoms with van der Waals surface area (Å²) in [5, 5.41) is 9.71. The molecule has 0 saturated heterocycles. The maximum atomic E-state index is 12.1. The van der Waals surface area contributed by atoms with Gasteiger partial charge in [0.2, 0.25) is 0 Å². The van der Waals surface area contributed by atoms with Crippen LogP contribution in [0.5, 0.6) is 5.75 Å². The molecule has 2 nitrogen and oxygen atoms in total. The number of alkyl halides is 3. The highest BCUT2D eigenvalue weighted by molar-refractivity contribution is 9.10. The van der Waals surface area contributed by atoms with Crippen molar-refractivity contribution < 1.29 is 23.0 Å². The molecule has 1 aromatic carbocycles. The molecule has 0 radical (unpaired) electrons. The van der Waals surface area contributed by atoms with Crippen LogP contribution in [-0.2, 0) is 0 Å². The number of aliphatic hydroxyl groups is 1. The SMILES string of the molecule is CCCOc1ccc(C(O)CCC(F)(F)F)cc1Br. The number of hydrogen-bond acceptors (Lipinski definition) is 2. The predicted molar refractivity (Wildman–Crippen MR) is 70.2 cm³/mol. The Hall–Kier alpha value is -0.750. The minimum absolute atomic E-state index is 0.342. The third-order valence-electron chi connectivity index (χ3n) is 2.50. The molecule has 0 fully saturated rings. The molecule has 1 N–H and O–H groups in total. The van der Waals surface area contributed by atoms with E-state index < -0.39 is 18.7 Å². The summed E-state index contributed by atoms with van der Waals surface area (Å²) < 4.78 is 42.3. The zero-order chi connectivity index (χ0) is 14.5. The van der Waals surface area contributed by atoms with Gasteiger partial charge in [0, 0.05) is 6.42 Å². The molecule has 0 aromatic heterocycles. The van der Waals surface area contributed by atoms with E-state index in [-0.39, 0.29) is 6.42 Å². The summed E-state index contributed by atoms with van der Waals surface area (Å²) >= 11 is 3.28. The summed E-state index contributed by atoms with van der Waals surface area (Å²) in [4.78, 5) is 0. The molecule has 6 heteroatoms.